The fourth-order valence-corrected chi connectivity index (χ4v) is 2.29. The van der Waals surface area contributed by atoms with Crippen molar-refractivity contribution in [1.82, 2.24) is 4.98 Å². The molecule has 0 spiro atoms. The number of hydrogen-bond donors (Lipinski definition) is 0. The number of aryl methyl sites for hydroxylation is 1. The van der Waals surface area contributed by atoms with Crippen LogP contribution in [0.3, 0.4) is 0 Å². The van der Waals surface area contributed by atoms with E-state index in [4.69, 9.17) is 9.72 Å². The Morgan fingerprint density at radius 2 is 1.75 bits per heavy atom. The highest BCUT2D eigenvalue weighted by Gasteiger charge is 2.07. The highest BCUT2D eigenvalue weighted by Crippen LogP contribution is 2.30. The van der Waals surface area contributed by atoms with Crippen LogP contribution in [-0.4, -0.2) is 11.6 Å². The van der Waals surface area contributed by atoms with Gasteiger partial charge < -0.3 is 4.74 Å². The normalized spacial score (nSPS) is 10.7. The summed E-state index contributed by atoms with van der Waals surface area (Å²) in [6.45, 7) is 4.74. The van der Waals surface area contributed by atoms with Gasteiger partial charge in [-0.25, -0.2) is 4.98 Å². The molecule has 0 aliphatic carbocycles. The average Bonchev–Trinajstić information content (AvgIpc) is 2.48. The second-order valence-corrected chi connectivity index (χ2v) is 4.82. The van der Waals surface area contributed by atoms with Gasteiger partial charge in [0.25, 0.3) is 0 Å². The standard InChI is InChI=1S/C18H17NO/c1-3-20-18-12-17(14-10-8-13(2)9-11-14)19-16-7-5-4-6-15(16)18/h4-12H,3H2,1-2H3. The second kappa shape index (κ2) is 5.33. The minimum absolute atomic E-state index is 0.654. The van der Waals surface area contributed by atoms with Gasteiger partial charge in [-0.1, -0.05) is 42.0 Å². The molecule has 20 heavy (non-hydrogen) atoms. The third-order valence-corrected chi connectivity index (χ3v) is 3.33. The Balaban J connectivity index is 2.18. The third-order valence-electron chi connectivity index (χ3n) is 3.33. The molecule has 0 amide bonds. The first kappa shape index (κ1) is 12.7. The molecule has 0 aliphatic heterocycles. The summed E-state index contributed by atoms with van der Waals surface area (Å²) in [7, 11) is 0. The highest BCUT2D eigenvalue weighted by molar-refractivity contribution is 5.87. The second-order valence-electron chi connectivity index (χ2n) is 4.82. The van der Waals surface area contributed by atoms with Gasteiger partial charge in [-0.15, -0.1) is 0 Å². The lowest BCUT2D eigenvalue weighted by Gasteiger charge is -2.10. The minimum atomic E-state index is 0.654. The Morgan fingerprint density at radius 3 is 2.50 bits per heavy atom. The molecule has 100 valence electrons. The summed E-state index contributed by atoms with van der Waals surface area (Å²) in [6, 6.07) is 18.5. The third kappa shape index (κ3) is 2.37. The van der Waals surface area contributed by atoms with Gasteiger partial charge in [0.1, 0.15) is 5.75 Å². The van der Waals surface area contributed by atoms with E-state index in [1.54, 1.807) is 0 Å². The van der Waals surface area contributed by atoms with Crippen molar-refractivity contribution in [3.05, 3.63) is 60.2 Å². The summed E-state index contributed by atoms with van der Waals surface area (Å²) in [6.07, 6.45) is 0. The van der Waals surface area contributed by atoms with Crippen molar-refractivity contribution in [1.29, 1.82) is 0 Å². The number of fused-ring (bicyclic) bond motifs is 1. The maximum Gasteiger partial charge on any atom is 0.130 e. The SMILES string of the molecule is CCOc1cc(-c2ccc(C)cc2)nc2ccccc12. The Bertz CT molecular complexity index is 732. The van der Waals surface area contributed by atoms with E-state index in [-0.39, 0.29) is 0 Å². The first-order valence-corrected chi connectivity index (χ1v) is 6.87. The lowest BCUT2D eigenvalue weighted by Crippen LogP contribution is -1.95. The van der Waals surface area contributed by atoms with E-state index in [9.17, 15) is 0 Å². The van der Waals surface area contributed by atoms with E-state index in [1.807, 2.05) is 37.3 Å². The molecule has 0 aliphatic rings. The van der Waals surface area contributed by atoms with Crippen molar-refractivity contribution in [3.8, 4) is 17.0 Å². The van der Waals surface area contributed by atoms with Crippen LogP contribution in [0.5, 0.6) is 5.75 Å². The molecule has 2 aromatic carbocycles. The van der Waals surface area contributed by atoms with E-state index in [2.05, 4.69) is 31.2 Å². The van der Waals surface area contributed by atoms with Crippen LogP contribution in [0.2, 0.25) is 0 Å². The van der Waals surface area contributed by atoms with Gasteiger partial charge in [0, 0.05) is 17.0 Å². The number of pyridine rings is 1. The predicted molar refractivity (Wildman–Crippen MR) is 83.1 cm³/mol. The number of aromatic nitrogens is 1. The Labute approximate surface area is 119 Å². The van der Waals surface area contributed by atoms with Crippen LogP contribution in [0.25, 0.3) is 22.2 Å². The van der Waals surface area contributed by atoms with Gasteiger partial charge in [0.05, 0.1) is 17.8 Å². The number of ether oxygens (including phenoxy) is 1. The molecular weight excluding hydrogens is 246 g/mol. The quantitative estimate of drug-likeness (QED) is 0.688. The minimum Gasteiger partial charge on any atom is -0.493 e. The fraction of sp³-hybridized carbons (Fsp3) is 0.167. The lowest BCUT2D eigenvalue weighted by atomic mass is 10.1. The summed E-state index contributed by atoms with van der Waals surface area (Å²) in [4.78, 5) is 4.74. The van der Waals surface area contributed by atoms with Crippen LogP contribution in [0.15, 0.2) is 54.6 Å². The summed E-state index contributed by atoms with van der Waals surface area (Å²) in [5, 5.41) is 1.06. The molecule has 0 saturated carbocycles. The van der Waals surface area contributed by atoms with E-state index < -0.39 is 0 Å². The lowest BCUT2D eigenvalue weighted by molar-refractivity contribution is 0.344. The van der Waals surface area contributed by atoms with Gasteiger partial charge in [-0.2, -0.15) is 0 Å². The number of nitrogens with zero attached hydrogens (tertiary/aromatic N) is 1. The van der Waals surface area contributed by atoms with Crippen molar-refractivity contribution < 1.29 is 4.74 Å². The first-order chi connectivity index (χ1) is 9.78. The van der Waals surface area contributed by atoms with Crippen molar-refractivity contribution in [3.63, 3.8) is 0 Å². The van der Waals surface area contributed by atoms with Crippen LogP contribution >= 0.6 is 0 Å². The molecular formula is C18H17NO. The summed E-state index contributed by atoms with van der Waals surface area (Å²) >= 11 is 0. The maximum atomic E-state index is 5.77. The molecule has 0 unspecified atom stereocenters. The molecule has 1 heterocycles. The van der Waals surface area contributed by atoms with Crippen molar-refractivity contribution in [2.75, 3.05) is 6.61 Å². The van der Waals surface area contributed by atoms with Crippen LogP contribution in [-0.2, 0) is 0 Å². The largest absolute Gasteiger partial charge is 0.493 e. The molecule has 2 nitrogen and oxygen atoms in total. The zero-order valence-electron chi connectivity index (χ0n) is 11.8. The summed E-state index contributed by atoms with van der Waals surface area (Å²) in [5.74, 6) is 0.897. The molecule has 0 radical (unpaired) electrons. The fourth-order valence-electron chi connectivity index (χ4n) is 2.29. The van der Waals surface area contributed by atoms with Gasteiger partial charge in [0.2, 0.25) is 0 Å². The topological polar surface area (TPSA) is 22.1 Å². The molecule has 0 bridgehead atoms. The van der Waals surface area contributed by atoms with Gasteiger partial charge in [0.15, 0.2) is 0 Å². The molecule has 0 atom stereocenters. The molecule has 3 aromatic rings. The maximum absolute atomic E-state index is 5.77. The zero-order valence-corrected chi connectivity index (χ0v) is 11.8. The first-order valence-electron chi connectivity index (χ1n) is 6.87. The van der Waals surface area contributed by atoms with Crippen molar-refractivity contribution in [2.24, 2.45) is 0 Å². The Morgan fingerprint density at radius 1 is 1.00 bits per heavy atom. The highest BCUT2D eigenvalue weighted by atomic mass is 16.5. The van der Waals surface area contributed by atoms with Crippen LogP contribution in [0.1, 0.15) is 12.5 Å². The Hall–Kier alpha value is -2.35. The van der Waals surface area contributed by atoms with E-state index >= 15 is 0 Å². The van der Waals surface area contributed by atoms with Gasteiger partial charge in [-0.05, 0) is 26.0 Å². The molecule has 0 fully saturated rings. The van der Waals surface area contributed by atoms with E-state index in [0.29, 0.717) is 6.61 Å². The molecule has 0 N–H and O–H groups in total. The summed E-state index contributed by atoms with van der Waals surface area (Å²) in [5.41, 5.74) is 4.28. The number of rotatable bonds is 3. The number of hydrogen-bond acceptors (Lipinski definition) is 2. The van der Waals surface area contributed by atoms with Crippen LogP contribution < -0.4 is 4.74 Å². The van der Waals surface area contributed by atoms with E-state index in [1.165, 1.54) is 5.56 Å². The molecule has 0 saturated heterocycles. The molecule has 1 aromatic heterocycles. The van der Waals surface area contributed by atoms with Crippen LogP contribution in [0, 0.1) is 6.92 Å². The molecule has 2 heteroatoms. The number of para-hydroxylation sites is 1. The number of benzene rings is 2. The smallest absolute Gasteiger partial charge is 0.130 e. The van der Waals surface area contributed by atoms with Crippen molar-refractivity contribution in [2.45, 2.75) is 13.8 Å². The van der Waals surface area contributed by atoms with Crippen LogP contribution in [0.4, 0.5) is 0 Å². The average molecular weight is 263 g/mol. The van der Waals surface area contributed by atoms with E-state index in [0.717, 1.165) is 27.9 Å². The monoisotopic (exact) mass is 263 g/mol. The molecule has 3 rings (SSSR count). The summed E-state index contributed by atoms with van der Waals surface area (Å²) < 4.78 is 5.77. The van der Waals surface area contributed by atoms with Gasteiger partial charge in [-0.3, -0.25) is 0 Å². The predicted octanol–water partition coefficient (Wildman–Crippen LogP) is 4.61. The van der Waals surface area contributed by atoms with Crippen molar-refractivity contribution >= 4 is 10.9 Å². The Kier molecular flexibility index (Phi) is 3.38. The zero-order chi connectivity index (χ0) is 13.9. The van der Waals surface area contributed by atoms with Gasteiger partial charge >= 0.3 is 0 Å².